The van der Waals surface area contributed by atoms with Crippen LogP contribution in [-0.4, -0.2) is 40.2 Å². The van der Waals surface area contributed by atoms with Crippen molar-refractivity contribution in [1.82, 2.24) is 10.2 Å². The van der Waals surface area contributed by atoms with Crippen molar-refractivity contribution in [3.63, 3.8) is 0 Å². The fourth-order valence-corrected chi connectivity index (χ4v) is 6.53. The number of ether oxygens (including phenoxy) is 2. The summed E-state index contributed by atoms with van der Waals surface area (Å²) in [4.78, 5) is 28.5. The lowest BCUT2D eigenvalue weighted by atomic mass is 9.95. The van der Waals surface area contributed by atoms with Crippen molar-refractivity contribution in [3.05, 3.63) is 101 Å². The summed E-state index contributed by atoms with van der Waals surface area (Å²) in [7, 11) is 0. The maximum atomic E-state index is 13.6. The average Bonchev–Trinajstić information content (AvgIpc) is 3.63. The number of aliphatic hydroxyl groups excluding tert-OH is 1. The van der Waals surface area contributed by atoms with E-state index in [1.54, 1.807) is 24.3 Å². The molecule has 1 N–H and O–H groups in total. The van der Waals surface area contributed by atoms with E-state index in [1.165, 1.54) is 28.0 Å². The smallest absolute Gasteiger partial charge is 0.301 e. The predicted molar refractivity (Wildman–Crippen MR) is 174 cm³/mol. The number of amides is 1. The van der Waals surface area contributed by atoms with Crippen LogP contribution < -0.4 is 14.4 Å². The van der Waals surface area contributed by atoms with Crippen molar-refractivity contribution < 1.29 is 24.2 Å². The van der Waals surface area contributed by atoms with E-state index >= 15 is 0 Å². The van der Waals surface area contributed by atoms with E-state index in [1.807, 2.05) is 54.6 Å². The van der Waals surface area contributed by atoms with Gasteiger partial charge in [0.1, 0.15) is 17.3 Å². The minimum absolute atomic E-state index is 0.0111. The zero-order chi connectivity index (χ0) is 30.9. The number of thioether (sulfide) groups is 1. The molecule has 4 aromatic rings. The van der Waals surface area contributed by atoms with E-state index < -0.39 is 17.7 Å². The van der Waals surface area contributed by atoms with Crippen LogP contribution >= 0.6 is 23.1 Å². The van der Waals surface area contributed by atoms with Crippen LogP contribution in [0.4, 0.5) is 5.13 Å². The van der Waals surface area contributed by atoms with Gasteiger partial charge in [0.05, 0.1) is 24.8 Å². The van der Waals surface area contributed by atoms with Gasteiger partial charge in [-0.15, -0.1) is 10.2 Å². The van der Waals surface area contributed by atoms with Gasteiger partial charge in [0.15, 0.2) is 4.34 Å². The number of aromatic nitrogens is 2. The van der Waals surface area contributed by atoms with Gasteiger partial charge in [-0.25, -0.2) is 0 Å². The van der Waals surface area contributed by atoms with E-state index in [9.17, 15) is 14.7 Å². The molecule has 2 heterocycles. The Kier molecular flexibility index (Phi) is 10.7. The fourth-order valence-electron chi connectivity index (χ4n) is 4.70. The maximum Gasteiger partial charge on any atom is 0.301 e. The van der Waals surface area contributed by atoms with Crippen LogP contribution in [-0.2, 0) is 15.3 Å². The van der Waals surface area contributed by atoms with Crippen molar-refractivity contribution >= 4 is 45.7 Å². The molecule has 1 aliphatic rings. The molecule has 1 saturated heterocycles. The molecule has 1 unspecified atom stereocenters. The van der Waals surface area contributed by atoms with Gasteiger partial charge < -0.3 is 14.6 Å². The number of anilines is 1. The topological polar surface area (TPSA) is 102 Å². The van der Waals surface area contributed by atoms with Gasteiger partial charge in [0, 0.05) is 11.3 Å². The number of carbonyl (C=O) groups is 2. The summed E-state index contributed by atoms with van der Waals surface area (Å²) in [6.45, 7) is 5.39. The van der Waals surface area contributed by atoms with Crippen LogP contribution in [0.2, 0.25) is 0 Å². The van der Waals surface area contributed by atoms with Crippen LogP contribution in [0.1, 0.15) is 62.3 Å². The lowest BCUT2D eigenvalue weighted by Crippen LogP contribution is -2.29. The first kappa shape index (κ1) is 31.3. The van der Waals surface area contributed by atoms with Crippen LogP contribution in [0, 0.1) is 0 Å². The molecule has 1 amide bonds. The zero-order valence-corrected chi connectivity index (χ0v) is 26.4. The third kappa shape index (κ3) is 7.31. The van der Waals surface area contributed by atoms with E-state index in [0.717, 1.165) is 31.2 Å². The predicted octanol–water partition coefficient (Wildman–Crippen LogP) is 7.81. The molecule has 1 atom stereocenters. The summed E-state index contributed by atoms with van der Waals surface area (Å²) in [6, 6.07) is 23.2. The Labute approximate surface area is 265 Å². The molecule has 10 heteroatoms. The van der Waals surface area contributed by atoms with Crippen molar-refractivity contribution in [2.45, 2.75) is 55.7 Å². The quantitative estimate of drug-likeness (QED) is 0.0376. The van der Waals surface area contributed by atoms with Gasteiger partial charge >= 0.3 is 5.91 Å². The molecule has 0 spiro atoms. The number of Topliss-reactive ketones (excluding diaryl/α,β-unsaturated/α-hetero) is 1. The van der Waals surface area contributed by atoms with Crippen molar-refractivity contribution in [1.29, 1.82) is 0 Å². The minimum atomic E-state index is -0.903. The number of rotatable bonds is 14. The molecule has 228 valence electrons. The molecule has 0 bridgehead atoms. The molecular formula is C34H35N3O5S2. The molecule has 44 heavy (non-hydrogen) atoms. The summed E-state index contributed by atoms with van der Waals surface area (Å²) in [5.41, 5.74) is 2.18. The summed E-state index contributed by atoms with van der Waals surface area (Å²) in [5.74, 6) is 0.230. The van der Waals surface area contributed by atoms with Gasteiger partial charge in [-0.05, 0) is 60.4 Å². The summed E-state index contributed by atoms with van der Waals surface area (Å²) in [6.07, 6.45) is 3.91. The Morgan fingerprint density at radius 3 is 2.09 bits per heavy atom. The second-order valence-electron chi connectivity index (χ2n) is 10.3. The van der Waals surface area contributed by atoms with Crippen molar-refractivity contribution in [2.24, 2.45) is 0 Å². The van der Waals surface area contributed by atoms with Gasteiger partial charge in [0.2, 0.25) is 5.13 Å². The van der Waals surface area contributed by atoms with E-state index in [0.29, 0.717) is 45.9 Å². The molecule has 1 aliphatic heterocycles. The Hall–Kier alpha value is -4.15. The molecule has 0 radical (unpaired) electrons. The molecule has 5 rings (SSSR count). The minimum Gasteiger partial charge on any atom is -0.507 e. The number of hydrogen-bond acceptors (Lipinski definition) is 9. The fraction of sp³-hybridized carbons (Fsp3) is 0.294. The molecule has 3 aromatic carbocycles. The number of hydrogen-bond donors (Lipinski definition) is 1. The number of unbranched alkanes of at least 4 members (excludes halogenated alkanes) is 2. The molecule has 0 saturated carbocycles. The van der Waals surface area contributed by atoms with E-state index in [2.05, 4.69) is 24.0 Å². The second-order valence-corrected chi connectivity index (χ2v) is 12.5. The van der Waals surface area contributed by atoms with Gasteiger partial charge in [-0.1, -0.05) is 92.3 Å². The maximum absolute atomic E-state index is 13.6. The van der Waals surface area contributed by atoms with Crippen molar-refractivity contribution in [2.75, 3.05) is 18.1 Å². The summed E-state index contributed by atoms with van der Waals surface area (Å²) < 4.78 is 12.3. The normalized spacial score (nSPS) is 16.0. The number of aliphatic hydroxyl groups is 1. The molecule has 1 fully saturated rings. The first-order chi connectivity index (χ1) is 21.5. The number of carbonyl (C=O) groups excluding carboxylic acids is 2. The monoisotopic (exact) mass is 629 g/mol. The first-order valence-electron chi connectivity index (χ1n) is 14.8. The number of ketones is 1. The highest BCUT2D eigenvalue weighted by Crippen LogP contribution is 2.44. The third-order valence-electron chi connectivity index (χ3n) is 7.11. The van der Waals surface area contributed by atoms with E-state index in [4.69, 9.17) is 9.47 Å². The average molecular weight is 630 g/mol. The van der Waals surface area contributed by atoms with Crippen LogP contribution in [0.25, 0.3) is 5.76 Å². The Morgan fingerprint density at radius 2 is 1.48 bits per heavy atom. The molecule has 8 nitrogen and oxygen atoms in total. The Morgan fingerprint density at radius 1 is 0.864 bits per heavy atom. The highest BCUT2D eigenvalue weighted by molar-refractivity contribution is 8.00. The summed E-state index contributed by atoms with van der Waals surface area (Å²) >= 11 is 2.75. The lowest BCUT2D eigenvalue weighted by Gasteiger charge is -2.22. The van der Waals surface area contributed by atoms with Crippen LogP contribution in [0.15, 0.2) is 88.8 Å². The highest BCUT2D eigenvalue weighted by atomic mass is 32.2. The van der Waals surface area contributed by atoms with Gasteiger partial charge in [-0.2, -0.15) is 0 Å². The Balaban J connectivity index is 1.48. The second kappa shape index (κ2) is 15.0. The highest BCUT2D eigenvalue weighted by Gasteiger charge is 2.48. The van der Waals surface area contributed by atoms with Crippen LogP contribution in [0.3, 0.4) is 0 Å². The largest absolute Gasteiger partial charge is 0.507 e. The summed E-state index contributed by atoms with van der Waals surface area (Å²) in [5, 5.41) is 20.4. The van der Waals surface area contributed by atoms with Crippen LogP contribution in [0.5, 0.6) is 11.5 Å². The van der Waals surface area contributed by atoms with Gasteiger partial charge in [0.25, 0.3) is 5.78 Å². The lowest BCUT2D eigenvalue weighted by molar-refractivity contribution is -0.132. The third-order valence-corrected chi connectivity index (χ3v) is 9.24. The molecule has 1 aromatic heterocycles. The first-order valence-corrected chi connectivity index (χ1v) is 16.6. The zero-order valence-electron chi connectivity index (χ0n) is 24.8. The number of nitrogens with zero attached hydrogens (tertiary/aromatic N) is 3. The standard InChI is InChI=1S/C34H35N3O5S2/c1-3-5-20-41-26-16-12-24(13-17-26)29-28(30(38)25-14-18-27(19-15-25)42-21-6-4-2)31(39)32(40)37(29)33-35-36-34(44-33)43-22-23-10-8-7-9-11-23/h7-19,29,38H,3-6,20-22H2,1-2H3. The molecule has 0 aliphatic carbocycles. The van der Waals surface area contributed by atoms with Crippen molar-refractivity contribution in [3.8, 4) is 11.5 Å². The van der Waals surface area contributed by atoms with Gasteiger partial charge in [-0.3, -0.25) is 14.5 Å². The SMILES string of the molecule is CCCCOc1ccc(C(O)=C2C(=O)C(=O)N(c3nnc(SCc4ccccc4)s3)C2c2ccc(OCCCC)cc2)cc1. The van der Waals surface area contributed by atoms with E-state index in [-0.39, 0.29) is 16.5 Å². The molecular weight excluding hydrogens is 595 g/mol. The Bertz CT molecular complexity index is 1590. The number of benzene rings is 3.